The van der Waals surface area contributed by atoms with Crippen molar-refractivity contribution in [3.8, 4) is 0 Å². The van der Waals surface area contributed by atoms with Gasteiger partial charge in [0.1, 0.15) is 5.82 Å². The fourth-order valence-corrected chi connectivity index (χ4v) is 4.05. The summed E-state index contributed by atoms with van der Waals surface area (Å²) < 4.78 is 1.58. The number of rotatable bonds is 3. The van der Waals surface area contributed by atoms with Crippen molar-refractivity contribution in [3.63, 3.8) is 0 Å². The average molecular weight is 435 g/mol. The molecule has 0 bridgehead atoms. The van der Waals surface area contributed by atoms with Gasteiger partial charge in [0.15, 0.2) is 0 Å². The lowest BCUT2D eigenvalue weighted by atomic mass is 10.1. The molecule has 0 saturated carbocycles. The molecule has 0 radical (unpaired) electrons. The first-order valence-corrected chi connectivity index (χ1v) is 9.91. The first-order chi connectivity index (χ1) is 13.8. The summed E-state index contributed by atoms with van der Waals surface area (Å²) in [7, 11) is 0. The Bertz CT molecular complexity index is 1090. The molecule has 0 unspecified atom stereocenters. The Morgan fingerprint density at radius 2 is 1.90 bits per heavy atom. The molecular formula is C18H20Cl2N8O. The van der Waals surface area contributed by atoms with E-state index in [9.17, 15) is 4.79 Å². The zero-order chi connectivity index (χ0) is 20.7. The highest BCUT2D eigenvalue weighted by molar-refractivity contribution is 6.36. The topological polar surface area (TPSA) is 106 Å². The van der Waals surface area contributed by atoms with E-state index in [4.69, 9.17) is 28.9 Å². The van der Waals surface area contributed by atoms with E-state index in [1.54, 1.807) is 16.8 Å². The summed E-state index contributed by atoms with van der Waals surface area (Å²) in [5, 5.41) is 5.16. The summed E-state index contributed by atoms with van der Waals surface area (Å²) in [5.74, 6) is 1.33. The Morgan fingerprint density at radius 3 is 2.59 bits per heavy atom. The summed E-state index contributed by atoms with van der Waals surface area (Å²) in [6.07, 6.45) is 1.83. The van der Waals surface area contributed by atoms with E-state index < -0.39 is 0 Å². The molecule has 3 aromatic rings. The molecule has 29 heavy (non-hydrogen) atoms. The number of nitrogens with zero attached hydrogens (tertiary/aromatic N) is 7. The van der Waals surface area contributed by atoms with Gasteiger partial charge in [0, 0.05) is 49.3 Å². The largest absolute Gasteiger partial charge is 0.366 e. The van der Waals surface area contributed by atoms with E-state index in [0.29, 0.717) is 47.8 Å². The minimum atomic E-state index is 0.0419. The van der Waals surface area contributed by atoms with Crippen molar-refractivity contribution in [1.29, 1.82) is 0 Å². The fraction of sp³-hybridized carbons (Fsp3) is 0.389. The molecule has 0 aromatic carbocycles. The third-order valence-electron chi connectivity index (χ3n) is 5.11. The molecule has 2 N–H and O–H groups in total. The lowest BCUT2D eigenvalue weighted by molar-refractivity contribution is -0.130. The van der Waals surface area contributed by atoms with Crippen LogP contribution in [0.2, 0.25) is 10.0 Å². The van der Waals surface area contributed by atoms with E-state index in [-0.39, 0.29) is 18.3 Å². The van der Waals surface area contributed by atoms with Crippen LogP contribution in [0.25, 0.3) is 5.78 Å². The first kappa shape index (κ1) is 19.7. The summed E-state index contributed by atoms with van der Waals surface area (Å²) in [6, 6.07) is 1.68. The molecule has 1 aliphatic rings. The van der Waals surface area contributed by atoms with Crippen LogP contribution in [0.5, 0.6) is 0 Å². The molecule has 3 aromatic heterocycles. The molecular weight excluding hydrogens is 415 g/mol. The van der Waals surface area contributed by atoms with Gasteiger partial charge in [-0.1, -0.05) is 23.2 Å². The van der Waals surface area contributed by atoms with Gasteiger partial charge in [0.05, 0.1) is 16.5 Å². The van der Waals surface area contributed by atoms with Crippen LogP contribution in [-0.4, -0.2) is 61.6 Å². The highest BCUT2D eigenvalue weighted by atomic mass is 35.5. The molecule has 4 rings (SSSR count). The molecule has 1 fully saturated rings. The molecule has 1 saturated heterocycles. The van der Waals surface area contributed by atoms with E-state index >= 15 is 0 Å². The van der Waals surface area contributed by atoms with Crippen molar-refractivity contribution >= 4 is 46.7 Å². The van der Waals surface area contributed by atoms with Crippen LogP contribution < -0.4 is 10.6 Å². The summed E-state index contributed by atoms with van der Waals surface area (Å²) >= 11 is 12.2. The molecule has 0 atom stereocenters. The molecule has 11 heteroatoms. The first-order valence-electron chi connectivity index (χ1n) is 9.15. The smallest absolute Gasteiger partial charge is 0.254 e. The van der Waals surface area contributed by atoms with E-state index in [1.807, 2.05) is 18.7 Å². The second-order valence-corrected chi connectivity index (χ2v) is 7.79. The Hall–Kier alpha value is -2.65. The van der Waals surface area contributed by atoms with E-state index in [2.05, 4.69) is 25.0 Å². The Morgan fingerprint density at radius 1 is 1.17 bits per heavy atom. The number of piperazine rings is 1. The normalized spacial score (nSPS) is 14.6. The van der Waals surface area contributed by atoms with Gasteiger partial charge >= 0.3 is 0 Å². The Labute approximate surface area is 177 Å². The number of fused-ring (bicyclic) bond motifs is 1. The maximum absolute atomic E-state index is 12.9. The second-order valence-electron chi connectivity index (χ2n) is 6.95. The predicted octanol–water partition coefficient (Wildman–Crippen LogP) is 1.92. The molecule has 1 aliphatic heterocycles. The number of nitrogens with two attached hydrogens (primary N) is 1. The average Bonchev–Trinajstić information content (AvgIpc) is 3.05. The molecule has 4 heterocycles. The summed E-state index contributed by atoms with van der Waals surface area (Å²) in [6.45, 7) is 6.23. The third kappa shape index (κ3) is 3.79. The number of anilines is 2. The SMILES string of the molecule is Cc1nc2nc(N)nn2c(C)c1CC(=O)N1CCN(c2ncc(Cl)cc2Cl)CC1. The van der Waals surface area contributed by atoms with Gasteiger partial charge in [0.25, 0.3) is 5.78 Å². The van der Waals surface area contributed by atoms with Gasteiger partial charge in [0.2, 0.25) is 11.9 Å². The van der Waals surface area contributed by atoms with Gasteiger partial charge in [-0.2, -0.15) is 9.50 Å². The van der Waals surface area contributed by atoms with Crippen molar-refractivity contribution in [3.05, 3.63) is 39.3 Å². The number of hydrogen-bond donors (Lipinski definition) is 1. The number of carbonyl (C=O) groups excluding carboxylic acids is 1. The van der Waals surface area contributed by atoms with Gasteiger partial charge in [-0.3, -0.25) is 4.79 Å². The number of aryl methyl sites for hydroxylation is 2. The van der Waals surface area contributed by atoms with Crippen LogP contribution in [0.4, 0.5) is 11.8 Å². The van der Waals surface area contributed by atoms with Crippen LogP contribution in [0.1, 0.15) is 17.0 Å². The molecule has 9 nitrogen and oxygen atoms in total. The van der Waals surface area contributed by atoms with E-state index in [1.165, 1.54) is 0 Å². The Balaban J connectivity index is 1.46. The fourth-order valence-electron chi connectivity index (χ4n) is 3.55. The highest BCUT2D eigenvalue weighted by Gasteiger charge is 2.25. The summed E-state index contributed by atoms with van der Waals surface area (Å²) in [5.41, 5.74) is 8.09. The van der Waals surface area contributed by atoms with Gasteiger partial charge in [-0.15, -0.1) is 5.10 Å². The lowest BCUT2D eigenvalue weighted by Gasteiger charge is -2.36. The van der Waals surface area contributed by atoms with Crippen LogP contribution in [-0.2, 0) is 11.2 Å². The van der Waals surface area contributed by atoms with Crippen LogP contribution in [0.15, 0.2) is 12.3 Å². The number of hydrogen-bond acceptors (Lipinski definition) is 7. The van der Waals surface area contributed by atoms with E-state index in [0.717, 1.165) is 17.0 Å². The minimum absolute atomic E-state index is 0.0419. The maximum Gasteiger partial charge on any atom is 0.254 e. The van der Waals surface area contributed by atoms with Crippen LogP contribution >= 0.6 is 23.2 Å². The third-order valence-corrected chi connectivity index (χ3v) is 5.60. The number of pyridine rings is 1. The van der Waals surface area contributed by atoms with Gasteiger partial charge in [-0.25, -0.2) is 9.97 Å². The van der Waals surface area contributed by atoms with Crippen molar-refractivity contribution in [1.82, 2.24) is 29.5 Å². The van der Waals surface area contributed by atoms with Gasteiger partial charge < -0.3 is 15.5 Å². The number of amides is 1. The van der Waals surface area contributed by atoms with Crippen LogP contribution in [0.3, 0.4) is 0 Å². The highest BCUT2D eigenvalue weighted by Crippen LogP contribution is 2.27. The molecule has 0 aliphatic carbocycles. The Kier molecular flexibility index (Phi) is 5.18. The molecule has 152 valence electrons. The quantitative estimate of drug-likeness (QED) is 0.670. The number of halogens is 2. The zero-order valence-electron chi connectivity index (χ0n) is 16.1. The lowest BCUT2D eigenvalue weighted by Crippen LogP contribution is -2.49. The standard InChI is InChI=1S/C18H20Cl2N8O/c1-10-13(11(2)28-18(23-10)24-17(21)25-28)8-15(29)26-3-5-27(6-4-26)16-14(20)7-12(19)9-22-16/h7,9H,3-6,8H2,1-2H3,(H2,21,25). The number of nitrogen functional groups attached to an aromatic ring is 1. The second kappa shape index (κ2) is 7.64. The summed E-state index contributed by atoms with van der Waals surface area (Å²) in [4.78, 5) is 29.7. The van der Waals surface area contributed by atoms with Crippen molar-refractivity contribution < 1.29 is 4.79 Å². The number of carbonyl (C=O) groups is 1. The molecule has 0 spiro atoms. The van der Waals surface area contributed by atoms with Crippen LogP contribution in [0, 0.1) is 13.8 Å². The number of aromatic nitrogens is 5. The van der Waals surface area contributed by atoms with Crippen molar-refractivity contribution in [2.75, 3.05) is 36.8 Å². The van der Waals surface area contributed by atoms with Crippen molar-refractivity contribution in [2.45, 2.75) is 20.3 Å². The predicted molar refractivity (Wildman–Crippen MR) is 111 cm³/mol. The monoisotopic (exact) mass is 434 g/mol. The van der Waals surface area contributed by atoms with Gasteiger partial charge in [-0.05, 0) is 19.9 Å². The molecule has 1 amide bonds. The zero-order valence-corrected chi connectivity index (χ0v) is 17.6. The van der Waals surface area contributed by atoms with Crippen molar-refractivity contribution in [2.24, 2.45) is 0 Å². The minimum Gasteiger partial charge on any atom is -0.366 e. The maximum atomic E-state index is 12.9.